The lowest BCUT2D eigenvalue weighted by molar-refractivity contribution is -0.0494. The molecule has 0 bridgehead atoms. The Hall–Kier alpha value is -4.02. The van der Waals surface area contributed by atoms with Gasteiger partial charge in [-0.2, -0.15) is 5.26 Å². The SMILES string of the molecule is N#Cc1cccc(-c2cc(-c3ccc(C(=O)N4CCC(F)(F)CC4)cc3)cc3cc(CN)oc23)c1. The summed E-state index contributed by atoms with van der Waals surface area (Å²) in [5.41, 5.74) is 11.0. The minimum Gasteiger partial charge on any atom is -0.459 e. The van der Waals surface area contributed by atoms with Gasteiger partial charge in [-0.25, -0.2) is 8.78 Å². The van der Waals surface area contributed by atoms with E-state index in [0.717, 1.165) is 27.6 Å². The largest absolute Gasteiger partial charge is 0.459 e. The van der Waals surface area contributed by atoms with Crippen molar-refractivity contribution in [1.29, 1.82) is 5.26 Å². The molecule has 2 heterocycles. The molecule has 4 aromatic rings. The number of likely N-dealkylation sites (tertiary alicyclic amines) is 1. The monoisotopic (exact) mass is 471 g/mol. The summed E-state index contributed by atoms with van der Waals surface area (Å²) in [7, 11) is 0. The highest BCUT2D eigenvalue weighted by Crippen LogP contribution is 2.36. The molecule has 0 atom stereocenters. The topological polar surface area (TPSA) is 83.3 Å². The van der Waals surface area contributed by atoms with Crippen molar-refractivity contribution < 1.29 is 18.0 Å². The van der Waals surface area contributed by atoms with Crippen LogP contribution in [-0.4, -0.2) is 29.8 Å². The first kappa shape index (κ1) is 22.8. The molecule has 7 heteroatoms. The molecular weight excluding hydrogens is 448 g/mol. The molecule has 5 nitrogen and oxygen atoms in total. The molecule has 1 aliphatic heterocycles. The predicted molar refractivity (Wildman–Crippen MR) is 130 cm³/mol. The second-order valence-electron chi connectivity index (χ2n) is 8.78. The van der Waals surface area contributed by atoms with Crippen LogP contribution in [0, 0.1) is 11.3 Å². The third-order valence-corrected chi connectivity index (χ3v) is 6.42. The van der Waals surface area contributed by atoms with E-state index in [1.54, 1.807) is 18.2 Å². The number of alkyl halides is 2. The zero-order valence-corrected chi connectivity index (χ0v) is 18.9. The quantitative estimate of drug-likeness (QED) is 0.398. The van der Waals surface area contributed by atoms with Crippen molar-refractivity contribution in [3.05, 3.63) is 83.6 Å². The Morgan fingerprint density at radius 1 is 1.00 bits per heavy atom. The predicted octanol–water partition coefficient (Wildman–Crippen LogP) is 5.97. The molecule has 1 aromatic heterocycles. The number of halogens is 2. The average Bonchev–Trinajstić information content (AvgIpc) is 3.31. The Morgan fingerprint density at radius 2 is 1.74 bits per heavy atom. The van der Waals surface area contributed by atoms with E-state index >= 15 is 0 Å². The maximum absolute atomic E-state index is 13.4. The van der Waals surface area contributed by atoms with Gasteiger partial charge < -0.3 is 15.1 Å². The van der Waals surface area contributed by atoms with Gasteiger partial charge >= 0.3 is 0 Å². The number of nitrogens with two attached hydrogens (primary N) is 1. The van der Waals surface area contributed by atoms with Crippen molar-refractivity contribution in [2.75, 3.05) is 13.1 Å². The molecule has 0 unspecified atom stereocenters. The van der Waals surface area contributed by atoms with Crippen molar-refractivity contribution in [1.82, 2.24) is 4.90 Å². The highest BCUT2D eigenvalue weighted by atomic mass is 19.3. The second kappa shape index (κ2) is 8.97. The van der Waals surface area contributed by atoms with Crippen LogP contribution in [0.3, 0.4) is 0 Å². The third-order valence-electron chi connectivity index (χ3n) is 6.42. The number of hydrogen-bond acceptors (Lipinski definition) is 4. The van der Waals surface area contributed by atoms with Gasteiger partial charge in [0.2, 0.25) is 0 Å². The van der Waals surface area contributed by atoms with E-state index in [1.165, 1.54) is 4.90 Å². The van der Waals surface area contributed by atoms with Gasteiger partial charge in [-0.1, -0.05) is 24.3 Å². The number of hydrogen-bond donors (Lipinski definition) is 1. The average molecular weight is 472 g/mol. The minimum absolute atomic E-state index is 0.0549. The van der Waals surface area contributed by atoms with Gasteiger partial charge in [0.1, 0.15) is 11.3 Å². The lowest BCUT2D eigenvalue weighted by Gasteiger charge is -2.31. The van der Waals surface area contributed by atoms with Crippen molar-refractivity contribution in [2.24, 2.45) is 5.73 Å². The van der Waals surface area contributed by atoms with E-state index in [-0.39, 0.29) is 38.4 Å². The van der Waals surface area contributed by atoms with Crippen LogP contribution in [0.2, 0.25) is 0 Å². The number of rotatable bonds is 4. The summed E-state index contributed by atoms with van der Waals surface area (Å²) < 4.78 is 32.9. The fourth-order valence-corrected chi connectivity index (χ4v) is 4.47. The molecule has 35 heavy (non-hydrogen) atoms. The fourth-order valence-electron chi connectivity index (χ4n) is 4.47. The number of furan rings is 1. The Bertz CT molecular complexity index is 1440. The van der Waals surface area contributed by atoms with Crippen LogP contribution in [0.4, 0.5) is 8.78 Å². The summed E-state index contributed by atoms with van der Waals surface area (Å²) in [6.07, 6.45) is -0.607. The third kappa shape index (κ3) is 4.53. The summed E-state index contributed by atoms with van der Waals surface area (Å²) in [4.78, 5) is 14.3. The second-order valence-corrected chi connectivity index (χ2v) is 8.78. The lowest BCUT2D eigenvalue weighted by Crippen LogP contribution is -2.42. The van der Waals surface area contributed by atoms with Gasteiger partial charge in [-0.3, -0.25) is 4.79 Å². The maximum atomic E-state index is 13.4. The molecule has 0 radical (unpaired) electrons. The zero-order chi connectivity index (χ0) is 24.6. The molecule has 2 N–H and O–H groups in total. The van der Waals surface area contributed by atoms with E-state index in [1.807, 2.05) is 48.5 Å². The lowest BCUT2D eigenvalue weighted by atomic mass is 9.95. The molecule has 1 fully saturated rings. The molecule has 5 rings (SSSR count). The molecule has 0 aliphatic carbocycles. The molecule has 1 aliphatic rings. The highest BCUT2D eigenvalue weighted by molar-refractivity contribution is 5.98. The molecule has 0 saturated carbocycles. The number of nitriles is 1. The number of carbonyl (C=O) groups is 1. The highest BCUT2D eigenvalue weighted by Gasteiger charge is 2.35. The van der Waals surface area contributed by atoms with Crippen LogP contribution in [-0.2, 0) is 6.54 Å². The van der Waals surface area contributed by atoms with Crippen LogP contribution < -0.4 is 5.73 Å². The smallest absolute Gasteiger partial charge is 0.253 e. The first-order valence-electron chi connectivity index (χ1n) is 11.4. The van der Waals surface area contributed by atoms with Gasteiger partial charge in [0.05, 0.1) is 18.2 Å². The van der Waals surface area contributed by atoms with Crippen LogP contribution in [0.15, 0.2) is 71.1 Å². The summed E-state index contributed by atoms with van der Waals surface area (Å²) in [5.74, 6) is -2.28. The van der Waals surface area contributed by atoms with Gasteiger partial charge in [-0.05, 0) is 59.2 Å². The number of piperidine rings is 1. The Kier molecular flexibility index (Phi) is 5.83. The Morgan fingerprint density at radius 3 is 2.43 bits per heavy atom. The van der Waals surface area contributed by atoms with Crippen LogP contribution in [0.5, 0.6) is 0 Å². The summed E-state index contributed by atoms with van der Waals surface area (Å²) in [5, 5.41) is 10.2. The normalized spacial score (nSPS) is 15.2. The van der Waals surface area contributed by atoms with Crippen molar-refractivity contribution in [3.8, 4) is 28.3 Å². The van der Waals surface area contributed by atoms with Crippen molar-refractivity contribution in [2.45, 2.75) is 25.3 Å². The van der Waals surface area contributed by atoms with Gasteiger partial charge in [0, 0.05) is 42.4 Å². The summed E-state index contributed by atoms with van der Waals surface area (Å²) >= 11 is 0. The van der Waals surface area contributed by atoms with E-state index in [2.05, 4.69) is 6.07 Å². The zero-order valence-electron chi connectivity index (χ0n) is 18.9. The van der Waals surface area contributed by atoms with E-state index in [9.17, 15) is 18.8 Å². The molecular formula is C28H23F2N3O2. The molecule has 1 amide bonds. The molecule has 3 aromatic carbocycles. The molecule has 176 valence electrons. The van der Waals surface area contributed by atoms with Gasteiger partial charge in [-0.15, -0.1) is 0 Å². The number of nitrogens with zero attached hydrogens (tertiary/aromatic N) is 2. The minimum atomic E-state index is -2.69. The fraction of sp³-hybridized carbons (Fsp3) is 0.214. The molecule has 0 spiro atoms. The number of benzene rings is 3. The van der Waals surface area contributed by atoms with Crippen LogP contribution in [0.1, 0.15) is 34.5 Å². The summed E-state index contributed by atoms with van der Waals surface area (Å²) in [6.45, 7) is 0.375. The Balaban J connectivity index is 1.50. The number of carbonyl (C=O) groups excluding carboxylic acids is 1. The van der Waals surface area contributed by atoms with Crippen LogP contribution >= 0.6 is 0 Å². The van der Waals surface area contributed by atoms with Crippen LogP contribution in [0.25, 0.3) is 33.2 Å². The maximum Gasteiger partial charge on any atom is 0.253 e. The van der Waals surface area contributed by atoms with E-state index in [4.69, 9.17) is 10.2 Å². The first-order chi connectivity index (χ1) is 16.9. The van der Waals surface area contributed by atoms with E-state index < -0.39 is 5.92 Å². The first-order valence-corrected chi connectivity index (χ1v) is 11.4. The van der Waals surface area contributed by atoms with Gasteiger partial charge in [0.15, 0.2) is 0 Å². The van der Waals surface area contributed by atoms with E-state index in [0.29, 0.717) is 22.5 Å². The number of fused-ring (bicyclic) bond motifs is 1. The molecule has 1 saturated heterocycles. The van der Waals surface area contributed by atoms with Gasteiger partial charge in [0.25, 0.3) is 11.8 Å². The van der Waals surface area contributed by atoms with Crippen molar-refractivity contribution >= 4 is 16.9 Å². The number of amides is 1. The summed E-state index contributed by atoms with van der Waals surface area (Å²) in [6, 6.07) is 22.5. The van der Waals surface area contributed by atoms with Crippen molar-refractivity contribution in [3.63, 3.8) is 0 Å². The standard InChI is InChI=1S/C28H23F2N3O2/c29-28(30)8-10-33(11-9-28)27(34)20-6-4-19(5-7-20)22-13-23-14-24(17-32)35-26(23)25(15-22)21-3-1-2-18(12-21)16-31/h1-7,12-15H,8-11,17,32H2. The Labute approximate surface area is 201 Å².